The summed E-state index contributed by atoms with van der Waals surface area (Å²) in [5, 5.41) is 2.90. The summed E-state index contributed by atoms with van der Waals surface area (Å²) in [6.45, 7) is 4.04. The van der Waals surface area contributed by atoms with Crippen molar-refractivity contribution >= 4 is 45.3 Å². The van der Waals surface area contributed by atoms with Crippen molar-refractivity contribution in [2.24, 2.45) is 5.92 Å². The number of oxazole rings is 1. The van der Waals surface area contributed by atoms with Gasteiger partial charge in [0.05, 0.1) is 0 Å². The molecule has 3 aromatic rings. The zero-order valence-corrected chi connectivity index (χ0v) is 15.1. The molecule has 1 heterocycles. The Hall–Kier alpha value is -1.89. The zero-order valence-electron chi connectivity index (χ0n) is 13.0. The average Bonchev–Trinajstić information content (AvgIpc) is 2.90. The standard InChI is InChI=1S/C18H17IN2O2/c1-11(2)9-17(22)20-14-7-8-16-15(10-14)21-18(23-16)12-3-5-13(19)6-4-12/h3-8,10-11H,9H2,1-2H3,(H,20,22). The lowest BCUT2D eigenvalue weighted by atomic mass is 10.1. The summed E-state index contributed by atoms with van der Waals surface area (Å²) in [5.74, 6) is 0.932. The molecule has 4 nitrogen and oxygen atoms in total. The van der Waals surface area contributed by atoms with Crippen LogP contribution in [0.25, 0.3) is 22.6 Å². The maximum Gasteiger partial charge on any atom is 0.227 e. The third-order valence-electron chi connectivity index (χ3n) is 3.36. The molecule has 118 valence electrons. The van der Waals surface area contributed by atoms with Gasteiger partial charge in [-0.25, -0.2) is 4.98 Å². The van der Waals surface area contributed by atoms with E-state index in [9.17, 15) is 4.79 Å². The number of amides is 1. The van der Waals surface area contributed by atoms with E-state index in [0.717, 1.165) is 20.3 Å². The first-order chi connectivity index (χ1) is 11.0. The topological polar surface area (TPSA) is 55.1 Å². The summed E-state index contributed by atoms with van der Waals surface area (Å²) in [4.78, 5) is 16.4. The van der Waals surface area contributed by atoms with Crippen LogP contribution in [-0.4, -0.2) is 10.9 Å². The van der Waals surface area contributed by atoms with Gasteiger partial charge in [0.2, 0.25) is 11.8 Å². The third kappa shape index (κ3) is 3.90. The Kier molecular flexibility index (Phi) is 4.66. The molecule has 0 bridgehead atoms. The van der Waals surface area contributed by atoms with Crippen LogP contribution in [-0.2, 0) is 4.79 Å². The third-order valence-corrected chi connectivity index (χ3v) is 4.08. The molecule has 0 saturated heterocycles. The molecule has 1 amide bonds. The van der Waals surface area contributed by atoms with Crippen molar-refractivity contribution in [3.05, 3.63) is 46.0 Å². The lowest BCUT2D eigenvalue weighted by Gasteiger charge is -2.06. The van der Waals surface area contributed by atoms with Crippen LogP contribution in [0.2, 0.25) is 0 Å². The van der Waals surface area contributed by atoms with Gasteiger partial charge in [-0.3, -0.25) is 4.79 Å². The number of anilines is 1. The van der Waals surface area contributed by atoms with E-state index >= 15 is 0 Å². The fourth-order valence-electron chi connectivity index (χ4n) is 2.30. The fourth-order valence-corrected chi connectivity index (χ4v) is 2.66. The largest absolute Gasteiger partial charge is 0.436 e. The van der Waals surface area contributed by atoms with Gasteiger partial charge in [0.25, 0.3) is 0 Å². The highest BCUT2D eigenvalue weighted by molar-refractivity contribution is 14.1. The van der Waals surface area contributed by atoms with E-state index in [4.69, 9.17) is 4.42 Å². The molecule has 0 atom stereocenters. The number of hydrogen-bond donors (Lipinski definition) is 1. The SMILES string of the molecule is CC(C)CC(=O)Nc1ccc2oc(-c3ccc(I)cc3)nc2c1. The predicted octanol–water partition coefficient (Wildman–Crippen LogP) is 5.08. The summed E-state index contributed by atoms with van der Waals surface area (Å²) in [6, 6.07) is 13.5. The molecular weight excluding hydrogens is 403 g/mol. The number of aromatic nitrogens is 1. The van der Waals surface area contributed by atoms with Crippen molar-refractivity contribution < 1.29 is 9.21 Å². The average molecular weight is 420 g/mol. The first-order valence-corrected chi connectivity index (χ1v) is 8.55. The molecule has 0 aliphatic rings. The minimum Gasteiger partial charge on any atom is -0.436 e. The molecule has 0 saturated carbocycles. The van der Waals surface area contributed by atoms with Gasteiger partial charge in [-0.15, -0.1) is 0 Å². The number of benzene rings is 2. The number of fused-ring (bicyclic) bond motifs is 1. The van der Waals surface area contributed by atoms with Gasteiger partial charge in [-0.1, -0.05) is 13.8 Å². The van der Waals surface area contributed by atoms with Crippen LogP contribution in [0.4, 0.5) is 5.69 Å². The van der Waals surface area contributed by atoms with E-state index in [-0.39, 0.29) is 5.91 Å². The second-order valence-corrected chi connectivity index (χ2v) is 7.10. The molecule has 0 aliphatic carbocycles. The van der Waals surface area contributed by atoms with Crippen LogP contribution >= 0.6 is 22.6 Å². The van der Waals surface area contributed by atoms with Crippen LogP contribution in [0.5, 0.6) is 0 Å². The zero-order chi connectivity index (χ0) is 16.4. The molecule has 0 fully saturated rings. The Bertz CT molecular complexity index is 838. The Labute approximate surface area is 148 Å². The smallest absolute Gasteiger partial charge is 0.227 e. The van der Waals surface area contributed by atoms with Crippen LogP contribution in [0, 0.1) is 9.49 Å². The van der Waals surface area contributed by atoms with Crippen molar-refractivity contribution in [1.82, 2.24) is 4.98 Å². The van der Waals surface area contributed by atoms with Gasteiger partial charge in [-0.05, 0) is 71.0 Å². The summed E-state index contributed by atoms with van der Waals surface area (Å²) in [6.07, 6.45) is 0.505. The van der Waals surface area contributed by atoms with Crippen LogP contribution in [0.3, 0.4) is 0 Å². The second-order valence-electron chi connectivity index (χ2n) is 5.85. The number of hydrogen-bond acceptors (Lipinski definition) is 3. The molecule has 0 spiro atoms. The predicted molar refractivity (Wildman–Crippen MR) is 100 cm³/mol. The minimum atomic E-state index is 0.0145. The molecule has 0 aliphatic heterocycles. The number of halogens is 1. The maximum atomic E-state index is 11.9. The molecule has 2 aromatic carbocycles. The second kappa shape index (κ2) is 6.70. The van der Waals surface area contributed by atoms with Gasteiger partial charge in [0.1, 0.15) is 5.52 Å². The van der Waals surface area contributed by atoms with Crippen LogP contribution < -0.4 is 5.32 Å². The molecule has 0 radical (unpaired) electrons. The van der Waals surface area contributed by atoms with Crippen molar-refractivity contribution in [2.45, 2.75) is 20.3 Å². The van der Waals surface area contributed by atoms with Gasteiger partial charge in [0.15, 0.2) is 5.58 Å². The molecular formula is C18H17IN2O2. The number of nitrogens with one attached hydrogen (secondary N) is 1. The van der Waals surface area contributed by atoms with Crippen molar-refractivity contribution in [3.8, 4) is 11.5 Å². The van der Waals surface area contributed by atoms with E-state index in [2.05, 4.69) is 32.9 Å². The molecule has 3 rings (SSSR count). The first kappa shape index (κ1) is 16.0. The molecule has 0 unspecified atom stereocenters. The Morgan fingerprint density at radius 1 is 1.22 bits per heavy atom. The summed E-state index contributed by atoms with van der Waals surface area (Å²) in [7, 11) is 0. The maximum absolute atomic E-state index is 11.9. The molecule has 5 heteroatoms. The highest BCUT2D eigenvalue weighted by atomic mass is 127. The van der Waals surface area contributed by atoms with Gasteiger partial charge < -0.3 is 9.73 Å². The Morgan fingerprint density at radius 3 is 2.65 bits per heavy atom. The lowest BCUT2D eigenvalue weighted by Crippen LogP contribution is -2.13. The normalized spacial score (nSPS) is 11.1. The Morgan fingerprint density at radius 2 is 1.96 bits per heavy atom. The molecule has 23 heavy (non-hydrogen) atoms. The van der Waals surface area contributed by atoms with E-state index in [1.54, 1.807) is 0 Å². The highest BCUT2D eigenvalue weighted by Gasteiger charge is 2.10. The monoisotopic (exact) mass is 420 g/mol. The molecule has 1 aromatic heterocycles. The van der Waals surface area contributed by atoms with Gasteiger partial charge in [-0.2, -0.15) is 0 Å². The summed E-state index contributed by atoms with van der Waals surface area (Å²) < 4.78 is 6.96. The van der Waals surface area contributed by atoms with Crippen molar-refractivity contribution in [1.29, 1.82) is 0 Å². The van der Waals surface area contributed by atoms with Crippen LogP contribution in [0.15, 0.2) is 46.9 Å². The number of carbonyl (C=O) groups excluding carboxylic acids is 1. The Balaban J connectivity index is 1.86. The molecule has 1 N–H and O–H groups in total. The van der Waals surface area contributed by atoms with Crippen molar-refractivity contribution in [3.63, 3.8) is 0 Å². The number of nitrogens with zero attached hydrogens (tertiary/aromatic N) is 1. The quantitative estimate of drug-likeness (QED) is 0.599. The van der Waals surface area contributed by atoms with Crippen LogP contribution in [0.1, 0.15) is 20.3 Å². The summed E-state index contributed by atoms with van der Waals surface area (Å²) >= 11 is 2.26. The first-order valence-electron chi connectivity index (χ1n) is 7.47. The van der Waals surface area contributed by atoms with Crippen molar-refractivity contribution in [2.75, 3.05) is 5.32 Å². The summed E-state index contributed by atoms with van der Waals surface area (Å²) in [5.41, 5.74) is 3.12. The van der Waals surface area contributed by atoms with E-state index < -0.39 is 0 Å². The van der Waals surface area contributed by atoms with E-state index in [1.807, 2.05) is 56.3 Å². The fraction of sp³-hybridized carbons (Fsp3) is 0.222. The van der Waals surface area contributed by atoms with Gasteiger partial charge in [0, 0.05) is 21.2 Å². The highest BCUT2D eigenvalue weighted by Crippen LogP contribution is 2.26. The lowest BCUT2D eigenvalue weighted by molar-refractivity contribution is -0.116. The minimum absolute atomic E-state index is 0.0145. The van der Waals surface area contributed by atoms with Gasteiger partial charge >= 0.3 is 0 Å². The number of carbonyl (C=O) groups is 1. The number of rotatable bonds is 4. The van der Waals surface area contributed by atoms with E-state index in [0.29, 0.717) is 23.8 Å². The van der Waals surface area contributed by atoms with E-state index in [1.165, 1.54) is 0 Å².